The van der Waals surface area contributed by atoms with Crippen LogP contribution >= 0.6 is 0 Å². The van der Waals surface area contributed by atoms with Gasteiger partial charge in [0.15, 0.2) is 5.69 Å². The third-order valence-corrected chi connectivity index (χ3v) is 2.24. The van der Waals surface area contributed by atoms with Crippen molar-refractivity contribution in [1.82, 2.24) is 20.3 Å². The van der Waals surface area contributed by atoms with Gasteiger partial charge in [-0.05, 0) is 6.92 Å². The molecule has 6 nitrogen and oxygen atoms in total. The van der Waals surface area contributed by atoms with Gasteiger partial charge in [-0.2, -0.15) is 0 Å². The molecule has 2 rings (SSSR count). The molecule has 0 aliphatic carbocycles. The molecule has 0 bridgehead atoms. The van der Waals surface area contributed by atoms with Crippen LogP contribution in [0.4, 0.5) is 0 Å². The van der Waals surface area contributed by atoms with Crippen LogP contribution in [0, 0.1) is 6.92 Å². The van der Waals surface area contributed by atoms with E-state index in [4.69, 9.17) is 5.11 Å². The summed E-state index contributed by atoms with van der Waals surface area (Å²) in [5.74, 6) is -1.02. The molecule has 1 aromatic heterocycles. The van der Waals surface area contributed by atoms with E-state index in [9.17, 15) is 4.79 Å². The second-order valence-corrected chi connectivity index (χ2v) is 3.09. The van der Waals surface area contributed by atoms with Crippen LogP contribution in [0.1, 0.15) is 22.2 Å². The van der Waals surface area contributed by atoms with Crippen molar-refractivity contribution in [3.8, 4) is 0 Å². The van der Waals surface area contributed by atoms with E-state index in [-0.39, 0.29) is 11.7 Å². The molecule has 2 heterocycles. The Morgan fingerprint density at radius 1 is 1.69 bits per heavy atom. The van der Waals surface area contributed by atoms with E-state index in [1.807, 2.05) is 0 Å². The van der Waals surface area contributed by atoms with Crippen molar-refractivity contribution in [3.63, 3.8) is 0 Å². The van der Waals surface area contributed by atoms with Gasteiger partial charge < -0.3 is 10.4 Å². The fourth-order valence-electron chi connectivity index (χ4n) is 1.33. The molecule has 0 unspecified atom stereocenters. The van der Waals surface area contributed by atoms with Gasteiger partial charge in [-0.1, -0.05) is 5.21 Å². The number of hydrogen-bond donors (Lipinski definition) is 2. The van der Waals surface area contributed by atoms with Crippen LogP contribution < -0.4 is 5.32 Å². The first kappa shape index (κ1) is 8.18. The Morgan fingerprint density at radius 2 is 2.38 bits per heavy atom. The topological polar surface area (TPSA) is 80.0 Å². The van der Waals surface area contributed by atoms with E-state index in [2.05, 4.69) is 15.6 Å². The minimum atomic E-state index is -1.02. The van der Waals surface area contributed by atoms with Crippen LogP contribution in [0.2, 0.25) is 0 Å². The summed E-state index contributed by atoms with van der Waals surface area (Å²) in [6.45, 7) is 3.40. The van der Waals surface area contributed by atoms with Crippen molar-refractivity contribution in [3.05, 3.63) is 11.4 Å². The van der Waals surface area contributed by atoms with E-state index in [0.29, 0.717) is 5.69 Å². The maximum Gasteiger partial charge on any atom is 0.358 e. The predicted octanol–water partition coefficient (Wildman–Crippen LogP) is -0.571. The maximum atomic E-state index is 10.6. The van der Waals surface area contributed by atoms with Crippen LogP contribution in [0.25, 0.3) is 0 Å². The van der Waals surface area contributed by atoms with Gasteiger partial charge >= 0.3 is 5.97 Å². The summed E-state index contributed by atoms with van der Waals surface area (Å²) < 4.78 is 1.67. The highest BCUT2D eigenvalue weighted by molar-refractivity contribution is 5.86. The lowest BCUT2D eigenvalue weighted by atomic mass is 10.2. The van der Waals surface area contributed by atoms with Crippen molar-refractivity contribution in [2.75, 3.05) is 13.1 Å². The van der Waals surface area contributed by atoms with Crippen molar-refractivity contribution >= 4 is 5.97 Å². The number of aromatic carboxylic acids is 1. The van der Waals surface area contributed by atoms with Gasteiger partial charge in [0.05, 0.1) is 11.7 Å². The number of nitrogens with zero attached hydrogens (tertiary/aromatic N) is 3. The van der Waals surface area contributed by atoms with Crippen LogP contribution in [0.15, 0.2) is 0 Å². The Kier molecular flexibility index (Phi) is 1.77. The Balaban J connectivity index is 2.32. The van der Waals surface area contributed by atoms with E-state index >= 15 is 0 Å². The molecule has 0 amide bonds. The Hall–Kier alpha value is -1.43. The molecule has 1 aliphatic heterocycles. The monoisotopic (exact) mass is 182 g/mol. The number of carbonyl (C=O) groups is 1. The van der Waals surface area contributed by atoms with Gasteiger partial charge in [0.25, 0.3) is 0 Å². The lowest BCUT2D eigenvalue weighted by molar-refractivity contribution is 0.0689. The first-order valence-electron chi connectivity index (χ1n) is 4.06. The SMILES string of the molecule is Cc1c(C(=O)O)nnn1C1CNC1. The van der Waals surface area contributed by atoms with Crippen molar-refractivity contribution < 1.29 is 9.90 Å². The molecule has 0 aromatic carbocycles. The summed E-state index contributed by atoms with van der Waals surface area (Å²) >= 11 is 0. The average molecular weight is 182 g/mol. The third kappa shape index (κ3) is 1.19. The molecule has 0 radical (unpaired) electrons. The van der Waals surface area contributed by atoms with Crippen LogP contribution in [-0.2, 0) is 0 Å². The third-order valence-electron chi connectivity index (χ3n) is 2.24. The number of aromatic nitrogens is 3. The normalized spacial score (nSPS) is 17.0. The van der Waals surface area contributed by atoms with Crippen molar-refractivity contribution in [2.24, 2.45) is 0 Å². The van der Waals surface area contributed by atoms with Gasteiger partial charge in [-0.25, -0.2) is 9.48 Å². The standard InChI is InChI=1S/C7H10N4O2/c1-4-6(7(12)13)9-10-11(4)5-2-8-3-5/h5,8H,2-3H2,1H3,(H,12,13). The lowest BCUT2D eigenvalue weighted by Crippen LogP contribution is -2.44. The summed E-state index contributed by atoms with van der Waals surface area (Å²) in [4.78, 5) is 10.6. The van der Waals surface area contributed by atoms with Crippen molar-refractivity contribution in [2.45, 2.75) is 13.0 Å². The average Bonchev–Trinajstić information content (AvgIpc) is 2.29. The number of carboxylic acid groups (broad SMARTS) is 1. The summed E-state index contributed by atoms with van der Waals surface area (Å²) in [6, 6.07) is 0.264. The van der Waals surface area contributed by atoms with Gasteiger partial charge in [-0.15, -0.1) is 5.10 Å². The van der Waals surface area contributed by atoms with Crippen LogP contribution in [0.3, 0.4) is 0 Å². The molecule has 0 saturated carbocycles. The van der Waals surface area contributed by atoms with E-state index < -0.39 is 5.97 Å². The second kappa shape index (κ2) is 2.81. The fourth-order valence-corrected chi connectivity index (χ4v) is 1.33. The molecule has 1 aromatic rings. The van der Waals surface area contributed by atoms with Gasteiger partial charge in [0.1, 0.15) is 0 Å². The quantitative estimate of drug-likeness (QED) is 0.640. The van der Waals surface area contributed by atoms with E-state index in [1.165, 1.54) is 0 Å². The molecule has 1 aliphatic rings. The molecule has 1 saturated heterocycles. The van der Waals surface area contributed by atoms with Gasteiger partial charge in [0.2, 0.25) is 0 Å². The zero-order valence-electron chi connectivity index (χ0n) is 7.19. The van der Waals surface area contributed by atoms with Crippen LogP contribution in [-0.4, -0.2) is 39.2 Å². The number of carboxylic acids is 1. The Labute approximate surface area is 74.6 Å². The molecule has 6 heteroatoms. The largest absolute Gasteiger partial charge is 0.476 e. The minimum absolute atomic E-state index is 0.0481. The zero-order chi connectivity index (χ0) is 9.42. The summed E-state index contributed by atoms with van der Waals surface area (Å²) in [5.41, 5.74) is 0.672. The summed E-state index contributed by atoms with van der Waals surface area (Å²) in [5, 5.41) is 19.2. The maximum absolute atomic E-state index is 10.6. The summed E-state index contributed by atoms with van der Waals surface area (Å²) in [7, 11) is 0. The molecule has 2 N–H and O–H groups in total. The van der Waals surface area contributed by atoms with E-state index in [1.54, 1.807) is 11.6 Å². The molecular weight excluding hydrogens is 172 g/mol. The van der Waals surface area contributed by atoms with Gasteiger partial charge in [0, 0.05) is 13.1 Å². The number of nitrogens with one attached hydrogen (secondary N) is 1. The van der Waals surface area contributed by atoms with Crippen LogP contribution in [0.5, 0.6) is 0 Å². The minimum Gasteiger partial charge on any atom is -0.476 e. The molecule has 1 fully saturated rings. The first-order chi connectivity index (χ1) is 6.20. The fraction of sp³-hybridized carbons (Fsp3) is 0.571. The highest BCUT2D eigenvalue weighted by Gasteiger charge is 2.24. The molecule has 70 valence electrons. The molecule has 0 atom stereocenters. The van der Waals surface area contributed by atoms with E-state index in [0.717, 1.165) is 13.1 Å². The highest BCUT2D eigenvalue weighted by Crippen LogP contribution is 2.14. The zero-order valence-corrected chi connectivity index (χ0v) is 7.19. The predicted molar refractivity (Wildman–Crippen MR) is 43.6 cm³/mol. The molecule has 0 spiro atoms. The second-order valence-electron chi connectivity index (χ2n) is 3.09. The first-order valence-corrected chi connectivity index (χ1v) is 4.06. The highest BCUT2D eigenvalue weighted by atomic mass is 16.4. The van der Waals surface area contributed by atoms with Crippen molar-refractivity contribution in [1.29, 1.82) is 0 Å². The smallest absolute Gasteiger partial charge is 0.358 e. The molecule has 13 heavy (non-hydrogen) atoms. The molecular formula is C7H10N4O2. The Morgan fingerprint density at radius 3 is 2.77 bits per heavy atom. The number of rotatable bonds is 2. The lowest BCUT2D eigenvalue weighted by Gasteiger charge is -2.27. The Bertz CT molecular complexity index is 342. The van der Waals surface area contributed by atoms with Gasteiger partial charge in [-0.3, -0.25) is 0 Å². The number of hydrogen-bond acceptors (Lipinski definition) is 4. The summed E-state index contributed by atoms with van der Waals surface area (Å²) in [6.07, 6.45) is 0.